The smallest absolute Gasteiger partial charge is 0.246 e. The standard InChI is InChI=1S/C29H32N4O3S/c1-4-36-27-14-12-23(21(2)3)20-28(27)37(34,35)33-18-16-32(17-19-33)29-15-13-26(30-31-29)25-11-7-9-22-8-5-6-10-24(22)25/h5-15,20-21H,4,16-19H2,1-3H3. The molecule has 0 spiro atoms. The van der Waals surface area contributed by atoms with Crippen LogP contribution in [0.4, 0.5) is 5.82 Å². The van der Waals surface area contributed by atoms with Gasteiger partial charge in [-0.05, 0) is 53.4 Å². The molecule has 0 N–H and O–H groups in total. The Morgan fingerprint density at radius 1 is 0.892 bits per heavy atom. The van der Waals surface area contributed by atoms with Gasteiger partial charge in [-0.15, -0.1) is 10.2 Å². The van der Waals surface area contributed by atoms with Crippen molar-refractivity contribution in [2.75, 3.05) is 37.7 Å². The van der Waals surface area contributed by atoms with Gasteiger partial charge in [-0.25, -0.2) is 8.42 Å². The molecule has 0 atom stereocenters. The number of aromatic nitrogens is 2. The first-order chi connectivity index (χ1) is 17.9. The van der Waals surface area contributed by atoms with Gasteiger partial charge in [0, 0.05) is 31.7 Å². The van der Waals surface area contributed by atoms with Crippen molar-refractivity contribution < 1.29 is 13.2 Å². The number of ether oxygens (including phenoxy) is 1. The van der Waals surface area contributed by atoms with Crippen LogP contribution in [0.25, 0.3) is 22.0 Å². The molecule has 0 unspecified atom stereocenters. The number of piperazine rings is 1. The van der Waals surface area contributed by atoms with E-state index in [1.807, 2.05) is 43.3 Å². The minimum absolute atomic E-state index is 0.219. The Labute approximate surface area is 218 Å². The van der Waals surface area contributed by atoms with Gasteiger partial charge in [0.2, 0.25) is 10.0 Å². The second-order valence-corrected chi connectivity index (χ2v) is 11.4. The molecule has 1 aromatic heterocycles. The van der Waals surface area contributed by atoms with Gasteiger partial charge in [0.15, 0.2) is 5.82 Å². The number of nitrogens with zero attached hydrogens (tertiary/aromatic N) is 4. The van der Waals surface area contributed by atoms with Crippen LogP contribution < -0.4 is 9.64 Å². The fourth-order valence-corrected chi connectivity index (χ4v) is 6.33. The van der Waals surface area contributed by atoms with Gasteiger partial charge in [0.1, 0.15) is 10.6 Å². The van der Waals surface area contributed by atoms with E-state index in [1.54, 1.807) is 16.4 Å². The molecule has 2 heterocycles. The normalized spacial score (nSPS) is 14.9. The molecule has 3 aromatic carbocycles. The van der Waals surface area contributed by atoms with E-state index in [-0.39, 0.29) is 10.8 Å². The van der Waals surface area contributed by atoms with Crippen LogP contribution >= 0.6 is 0 Å². The molecule has 0 saturated carbocycles. The summed E-state index contributed by atoms with van der Waals surface area (Å²) in [5.41, 5.74) is 2.83. The van der Waals surface area contributed by atoms with Crippen LogP contribution in [0, 0.1) is 0 Å². The van der Waals surface area contributed by atoms with E-state index >= 15 is 0 Å². The summed E-state index contributed by atoms with van der Waals surface area (Å²) in [5.74, 6) is 1.37. The molecule has 0 aliphatic carbocycles. The maximum absolute atomic E-state index is 13.6. The van der Waals surface area contributed by atoms with Gasteiger partial charge in [0.05, 0.1) is 12.3 Å². The molecule has 7 nitrogen and oxygen atoms in total. The van der Waals surface area contributed by atoms with Gasteiger partial charge in [0.25, 0.3) is 0 Å². The minimum atomic E-state index is -3.69. The van der Waals surface area contributed by atoms with Crippen molar-refractivity contribution in [2.45, 2.75) is 31.6 Å². The van der Waals surface area contributed by atoms with Crippen LogP contribution in [0.2, 0.25) is 0 Å². The summed E-state index contributed by atoms with van der Waals surface area (Å²) in [5, 5.41) is 11.3. The Bertz CT molecular complexity index is 1490. The molecule has 8 heteroatoms. The van der Waals surface area contributed by atoms with E-state index in [0.717, 1.165) is 33.4 Å². The average molecular weight is 517 g/mol. The van der Waals surface area contributed by atoms with E-state index in [4.69, 9.17) is 4.74 Å². The molecule has 37 heavy (non-hydrogen) atoms. The highest BCUT2D eigenvalue weighted by Crippen LogP contribution is 2.32. The largest absolute Gasteiger partial charge is 0.492 e. The third-order valence-electron chi connectivity index (χ3n) is 6.83. The van der Waals surface area contributed by atoms with Gasteiger partial charge >= 0.3 is 0 Å². The number of hydrogen-bond acceptors (Lipinski definition) is 6. The summed E-state index contributed by atoms with van der Waals surface area (Å²) in [6.45, 7) is 8.18. The highest BCUT2D eigenvalue weighted by Gasteiger charge is 2.32. The lowest BCUT2D eigenvalue weighted by Gasteiger charge is -2.34. The molecule has 0 radical (unpaired) electrons. The van der Waals surface area contributed by atoms with Crippen molar-refractivity contribution in [1.82, 2.24) is 14.5 Å². The Morgan fingerprint density at radius 2 is 1.65 bits per heavy atom. The summed E-state index contributed by atoms with van der Waals surface area (Å²) < 4.78 is 34.4. The zero-order valence-electron chi connectivity index (χ0n) is 21.5. The van der Waals surface area contributed by atoms with Gasteiger partial charge in [-0.3, -0.25) is 0 Å². The molecule has 5 rings (SSSR count). The molecule has 1 fully saturated rings. The van der Waals surface area contributed by atoms with Gasteiger partial charge in [-0.1, -0.05) is 62.4 Å². The lowest BCUT2D eigenvalue weighted by atomic mass is 10.0. The number of benzene rings is 3. The van der Waals surface area contributed by atoms with Gasteiger partial charge in [-0.2, -0.15) is 4.31 Å². The number of sulfonamides is 1. The van der Waals surface area contributed by atoms with E-state index in [0.29, 0.717) is 38.5 Å². The summed E-state index contributed by atoms with van der Waals surface area (Å²) in [6.07, 6.45) is 0. The molecule has 1 aliphatic heterocycles. The second kappa shape index (κ2) is 10.5. The number of fused-ring (bicyclic) bond motifs is 1. The number of hydrogen-bond donors (Lipinski definition) is 0. The first-order valence-electron chi connectivity index (χ1n) is 12.7. The monoisotopic (exact) mass is 516 g/mol. The minimum Gasteiger partial charge on any atom is -0.492 e. The van der Waals surface area contributed by atoms with Crippen molar-refractivity contribution in [3.05, 3.63) is 78.4 Å². The Morgan fingerprint density at radius 3 is 2.35 bits per heavy atom. The van der Waals surface area contributed by atoms with E-state index in [1.165, 1.54) is 0 Å². The third kappa shape index (κ3) is 5.04. The zero-order chi connectivity index (χ0) is 26.0. The number of rotatable bonds is 7. The van der Waals surface area contributed by atoms with E-state index in [2.05, 4.69) is 53.2 Å². The van der Waals surface area contributed by atoms with Crippen molar-refractivity contribution in [3.63, 3.8) is 0 Å². The van der Waals surface area contributed by atoms with E-state index < -0.39 is 10.0 Å². The maximum Gasteiger partial charge on any atom is 0.246 e. The molecular formula is C29H32N4O3S. The lowest BCUT2D eigenvalue weighted by molar-refractivity contribution is 0.327. The summed E-state index contributed by atoms with van der Waals surface area (Å²) in [4.78, 5) is 2.33. The van der Waals surface area contributed by atoms with Crippen LogP contribution in [-0.2, 0) is 10.0 Å². The molecule has 1 aliphatic rings. The Balaban J connectivity index is 1.32. The number of anilines is 1. The van der Waals surface area contributed by atoms with Gasteiger partial charge < -0.3 is 9.64 Å². The van der Waals surface area contributed by atoms with Crippen LogP contribution in [-0.4, -0.2) is 55.7 Å². The molecule has 0 amide bonds. The SMILES string of the molecule is CCOc1ccc(C(C)C)cc1S(=O)(=O)N1CCN(c2ccc(-c3cccc4ccccc34)nn2)CC1. The Hall–Kier alpha value is -3.49. The highest BCUT2D eigenvalue weighted by molar-refractivity contribution is 7.89. The van der Waals surface area contributed by atoms with Crippen LogP contribution in [0.5, 0.6) is 5.75 Å². The van der Waals surface area contributed by atoms with Crippen molar-refractivity contribution in [3.8, 4) is 17.0 Å². The quantitative estimate of drug-likeness (QED) is 0.331. The second-order valence-electron chi connectivity index (χ2n) is 9.49. The first kappa shape index (κ1) is 25.2. The zero-order valence-corrected chi connectivity index (χ0v) is 22.3. The van der Waals surface area contributed by atoms with Crippen LogP contribution in [0.3, 0.4) is 0 Å². The van der Waals surface area contributed by atoms with Crippen molar-refractivity contribution in [2.24, 2.45) is 0 Å². The van der Waals surface area contributed by atoms with Crippen LogP contribution in [0.1, 0.15) is 32.3 Å². The summed E-state index contributed by atoms with van der Waals surface area (Å²) in [7, 11) is -3.69. The topological polar surface area (TPSA) is 75.6 Å². The summed E-state index contributed by atoms with van der Waals surface area (Å²) >= 11 is 0. The Kier molecular flexibility index (Phi) is 7.13. The molecule has 1 saturated heterocycles. The van der Waals surface area contributed by atoms with Crippen LogP contribution in [0.15, 0.2) is 77.7 Å². The fourth-order valence-electron chi connectivity index (χ4n) is 4.74. The fraction of sp³-hybridized carbons (Fsp3) is 0.310. The third-order valence-corrected chi connectivity index (χ3v) is 8.75. The molecule has 4 aromatic rings. The average Bonchev–Trinajstić information content (AvgIpc) is 2.93. The van der Waals surface area contributed by atoms with Crippen molar-refractivity contribution in [1.29, 1.82) is 0 Å². The predicted molar refractivity (Wildman–Crippen MR) is 148 cm³/mol. The van der Waals surface area contributed by atoms with Crippen molar-refractivity contribution >= 4 is 26.6 Å². The predicted octanol–water partition coefficient (Wildman–Crippen LogP) is 5.33. The molecule has 192 valence electrons. The molecular weight excluding hydrogens is 484 g/mol. The maximum atomic E-state index is 13.6. The highest BCUT2D eigenvalue weighted by atomic mass is 32.2. The molecule has 0 bridgehead atoms. The summed E-state index contributed by atoms with van der Waals surface area (Å²) in [6, 6.07) is 23.8. The first-order valence-corrected chi connectivity index (χ1v) is 14.2. The van der Waals surface area contributed by atoms with E-state index in [9.17, 15) is 8.42 Å². The lowest BCUT2D eigenvalue weighted by Crippen LogP contribution is -2.49.